The zero-order valence-electron chi connectivity index (χ0n) is 11.1. The largest absolute Gasteiger partial charge is 0.326 e. The molecule has 3 rings (SSSR count). The standard InChI is InChI=1S/C14H13N3OS.ClH/c1-9-5-13(18)16-10(2)14(9)12-6-11(7-19-12)17-4-3-15-8-17;/h3-8H,1-2H3,(H,16,18);1H. The Morgan fingerprint density at radius 1 is 1.30 bits per heavy atom. The lowest BCUT2D eigenvalue weighted by atomic mass is 10.1. The van der Waals surface area contributed by atoms with Crippen molar-refractivity contribution in [2.24, 2.45) is 0 Å². The van der Waals surface area contributed by atoms with Gasteiger partial charge in [0.05, 0.1) is 12.0 Å². The van der Waals surface area contributed by atoms with E-state index >= 15 is 0 Å². The Bertz CT molecular complexity index is 748. The van der Waals surface area contributed by atoms with Crippen LogP contribution in [0.3, 0.4) is 0 Å². The summed E-state index contributed by atoms with van der Waals surface area (Å²) in [5.74, 6) is 0. The normalized spacial score (nSPS) is 10.3. The molecule has 0 aliphatic heterocycles. The van der Waals surface area contributed by atoms with Gasteiger partial charge in [-0.1, -0.05) is 0 Å². The Balaban J connectivity index is 0.00000147. The number of imidazole rings is 1. The van der Waals surface area contributed by atoms with Gasteiger partial charge >= 0.3 is 0 Å². The van der Waals surface area contributed by atoms with Crippen molar-refractivity contribution in [2.45, 2.75) is 13.8 Å². The van der Waals surface area contributed by atoms with Crippen molar-refractivity contribution < 1.29 is 0 Å². The fourth-order valence-corrected chi connectivity index (χ4v) is 3.29. The molecule has 0 atom stereocenters. The molecule has 1 N–H and O–H groups in total. The van der Waals surface area contributed by atoms with Gasteiger partial charge in [0.15, 0.2) is 0 Å². The minimum atomic E-state index is -0.0508. The highest BCUT2D eigenvalue weighted by Gasteiger charge is 2.10. The molecule has 0 bridgehead atoms. The van der Waals surface area contributed by atoms with Crippen LogP contribution in [-0.4, -0.2) is 14.5 Å². The zero-order valence-corrected chi connectivity index (χ0v) is 12.7. The van der Waals surface area contributed by atoms with E-state index in [4.69, 9.17) is 0 Å². The first-order chi connectivity index (χ1) is 9.15. The smallest absolute Gasteiger partial charge is 0.248 e. The quantitative estimate of drug-likeness (QED) is 0.789. The summed E-state index contributed by atoms with van der Waals surface area (Å²) in [6, 6.07) is 3.75. The van der Waals surface area contributed by atoms with Gasteiger partial charge in [0.25, 0.3) is 0 Å². The lowest BCUT2D eigenvalue weighted by Gasteiger charge is -2.06. The van der Waals surface area contributed by atoms with Crippen LogP contribution in [0.5, 0.6) is 0 Å². The number of aromatic nitrogens is 3. The van der Waals surface area contributed by atoms with E-state index in [1.807, 2.05) is 24.6 Å². The van der Waals surface area contributed by atoms with Crippen LogP contribution in [0, 0.1) is 13.8 Å². The average Bonchev–Trinajstić information content (AvgIpc) is 2.97. The number of nitrogens with one attached hydrogen (secondary N) is 1. The number of aromatic amines is 1. The highest BCUT2D eigenvalue weighted by molar-refractivity contribution is 7.14. The highest BCUT2D eigenvalue weighted by Crippen LogP contribution is 2.32. The third-order valence-corrected chi connectivity index (χ3v) is 4.00. The lowest BCUT2D eigenvalue weighted by Crippen LogP contribution is -2.07. The van der Waals surface area contributed by atoms with Crippen molar-refractivity contribution in [1.82, 2.24) is 14.5 Å². The summed E-state index contributed by atoms with van der Waals surface area (Å²) in [5.41, 5.74) is 4.05. The van der Waals surface area contributed by atoms with Crippen molar-refractivity contribution in [3.63, 3.8) is 0 Å². The monoisotopic (exact) mass is 307 g/mol. The second kappa shape index (κ2) is 5.64. The molecule has 3 aromatic heterocycles. The predicted molar refractivity (Wildman–Crippen MR) is 84.2 cm³/mol. The predicted octanol–water partition coefficient (Wildman–Crippen LogP) is 3.33. The molecule has 0 aliphatic carbocycles. The summed E-state index contributed by atoms with van der Waals surface area (Å²) in [6.07, 6.45) is 5.45. The first-order valence-corrected chi connectivity index (χ1v) is 6.81. The molecule has 3 aromatic rings. The molecule has 0 saturated heterocycles. The molecule has 0 amide bonds. The number of pyridine rings is 1. The maximum atomic E-state index is 11.4. The van der Waals surface area contributed by atoms with E-state index in [0.29, 0.717) is 0 Å². The summed E-state index contributed by atoms with van der Waals surface area (Å²) in [5, 5.41) is 2.08. The van der Waals surface area contributed by atoms with Gasteiger partial charge < -0.3 is 9.55 Å². The summed E-state index contributed by atoms with van der Waals surface area (Å²) in [4.78, 5) is 19.5. The van der Waals surface area contributed by atoms with Crippen LogP contribution in [0.25, 0.3) is 16.1 Å². The van der Waals surface area contributed by atoms with Gasteiger partial charge in [0.1, 0.15) is 0 Å². The maximum Gasteiger partial charge on any atom is 0.248 e. The number of H-pyrrole nitrogens is 1. The molecule has 0 unspecified atom stereocenters. The van der Waals surface area contributed by atoms with Crippen molar-refractivity contribution in [3.8, 4) is 16.1 Å². The topological polar surface area (TPSA) is 50.7 Å². The van der Waals surface area contributed by atoms with Gasteiger partial charge in [-0.2, -0.15) is 0 Å². The van der Waals surface area contributed by atoms with E-state index in [1.54, 1.807) is 29.9 Å². The Kier molecular flexibility index (Phi) is 4.11. The van der Waals surface area contributed by atoms with E-state index in [2.05, 4.69) is 21.4 Å². The molecule has 0 fully saturated rings. The van der Waals surface area contributed by atoms with Gasteiger partial charge in [-0.15, -0.1) is 23.7 Å². The first-order valence-electron chi connectivity index (χ1n) is 5.93. The number of rotatable bonds is 2. The van der Waals surface area contributed by atoms with Crippen molar-refractivity contribution >= 4 is 23.7 Å². The highest BCUT2D eigenvalue weighted by atomic mass is 35.5. The summed E-state index contributed by atoms with van der Waals surface area (Å²) < 4.78 is 1.97. The Hall–Kier alpha value is -1.85. The van der Waals surface area contributed by atoms with Crippen LogP contribution >= 0.6 is 23.7 Å². The van der Waals surface area contributed by atoms with Crippen LogP contribution in [-0.2, 0) is 0 Å². The minimum absolute atomic E-state index is 0. The third-order valence-electron chi connectivity index (χ3n) is 3.06. The number of hydrogen-bond acceptors (Lipinski definition) is 3. The Morgan fingerprint density at radius 2 is 2.10 bits per heavy atom. The average molecular weight is 308 g/mol. The molecular formula is C14H14ClN3OS. The van der Waals surface area contributed by atoms with E-state index in [1.165, 1.54) is 0 Å². The molecule has 104 valence electrons. The molecule has 6 heteroatoms. The molecule has 0 spiro atoms. The fraction of sp³-hybridized carbons (Fsp3) is 0.143. The number of nitrogens with zero attached hydrogens (tertiary/aromatic N) is 2. The molecule has 3 heterocycles. The van der Waals surface area contributed by atoms with Crippen LogP contribution in [0.4, 0.5) is 0 Å². The fourth-order valence-electron chi connectivity index (χ4n) is 2.23. The number of hydrogen-bond donors (Lipinski definition) is 1. The zero-order chi connectivity index (χ0) is 13.4. The molecule has 0 aromatic carbocycles. The van der Waals surface area contributed by atoms with Crippen molar-refractivity contribution in [3.05, 3.63) is 57.8 Å². The summed E-state index contributed by atoms with van der Waals surface area (Å²) >= 11 is 1.66. The Labute approximate surface area is 126 Å². The third kappa shape index (κ3) is 2.55. The van der Waals surface area contributed by atoms with E-state index in [9.17, 15) is 4.79 Å². The van der Waals surface area contributed by atoms with Crippen LogP contribution in [0.2, 0.25) is 0 Å². The van der Waals surface area contributed by atoms with Crippen LogP contribution in [0.1, 0.15) is 11.3 Å². The van der Waals surface area contributed by atoms with Crippen LogP contribution < -0.4 is 5.56 Å². The number of aryl methyl sites for hydroxylation is 2. The first kappa shape index (κ1) is 14.6. The summed E-state index contributed by atoms with van der Waals surface area (Å²) in [7, 11) is 0. The van der Waals surface area contributed by atoms with Gasteiger partial charge in [-0.3, -0.25) is 4.79 Å². The molecule has 20 heavy (non-hydrogen) atoms. The SMILES string of the molecule is Cc1cc(=O)[nH]c(C)c1-c1cc(-n2ccnc2)cs1.Cl. The van der Waals surface area contributed by atoms with Crippen molar-refractivity contribution in [1.29, 1.82) is 0 Å². The molecular weight excluding hydrogens is 294 g/mol. The number of halogens is 1. The Morgan fingerprint density at radius 3 is 2.75 bits per heavy atom. The van der Waals surface area contributed by atoms with E-state index in [0.717, 1.165) is 27.4 Å². The minimum Gasteiger partial charge on any atom is -0.326 e. The molecule has 0 aliphatic rings. The maximum absolute atomic E-state index is 11.4. The van der Waals surface area contributed by atoms with Gasteiger partial charge in [0.2, 0.25) is 5.56 Å². The van der Waals surface area contributed by atoms with E-state index in [-0.39, 0.29) is 18.0 Å². The molecule has 0 saturated carbocycles. The molecule has 0 radical (unpaired) electrons. The van der Waals surface area contributed by atoms with Crippen molar-refractivity contribution in [2.75, 3.05) is 0 Å². The lowest BCUT2D eigenvalue weighted by molar-refractivity contribution is 1.07. The van der Waals surface area contributed by atoms with E-state index < -0.39 is 0 Å². The second-order valence-electron chi connectivity index (χ2n) is 4.46. The van der Waals surface area contributed by atoms with Crippen LogP contribution in [0.15, 0.2) is 41.0 Å². The summed E-state index contributed by atoms with van der Waals surface area (Å²) in [6.45, 7) is 3.90. The van der Waals surface area contributed by atoms with Gasteiger partial charge in [-0.25, -0.2) is 4.98 Å². The molecule has 4 nitrogen and oxygen atoms in total. The number of thiophene rings is 1. The van der Waals surface area contributed by atoms with Gasteiger partial charge in [0, 0.05) is 40.0 Å². The van der Waals surface area contributed by atoms with Gasteiger partial charge in [-0.05, 0) is 25.5 Å². The second-order valence-corrected chi connectivity index (χ2v) is 5.37.